The third kappa shape index (κ3) is 2.84. The lowest BCUT2D eigenvalue weighted by Gasteiger charge is -2.21. The molecular weight excluding hydrogens is 262 g/mol. The molecule has 1 aromatic rings. The van der Waals surface area contributed by atoms with Crippen LogP contribution in [0.1, 0.15) is 23.7 Å². The van der Waals surface area contributed by atoms with Gasteiger partial charge in [0.2, 0.25) is 0 Å². The van der Waals surface area contributed by atoms with E-state index in [4.69, 9.17) is 14.6 Å². The Bertz CT molecular complexity index is 528. The van der Waals surface area contributed by atoms with E-state index >= 15 is 0 Å². The van der Waals surface area contributed by atoms with Crippen molar-refractivity contribution in [3.05, 3.63) is 23.8 Å². The molecule has 0 aliphatic carbocycles. The van der Waals surface area contributed by atoms with Crippen LogP contribution >= 0.6 is 0 Å². The van der Waals surface area contributed by atoms with E-state index in [0.29, 0.717) is 30.3 Å². The maximum absolute atomic E-state index is 12.2. The van der Waals surface area contributed by atoms with E-state index < -0.39 is 12.0 Å². The number of likely N-dealkylation sites (N-methyl/N-ethyl adjacent to an activating group) is 1. The smallest absolute Gasteiger partial charge is 0.326 e. The average Bonchev–Trinajstić information content (AvgIpc) is 2.69. The lowest BCUT2D eigenvalue weighted by molar-refractivity contribution is -0.141. The minimum absolute atomic E-state index is 0.365. The number of benzene rings is 1. The van der Waals surface area contributed by atoms with Crippen molar-refractivity contribution in [3.8, 4) is 11.5 Å². The molecule has 2 rings (SSSR count). The summed E-state index contributed by atoms with van der Waals surface area (Å²) in [6.07, 6.45) is 0.786. The van der Waals surface area contributed by atoms with E-state index in [2.05, 4.69) is 0 Å². The fraction of sp³-hybridized carbons (Fsp3) is 0.429. The summed E-state index contributed by atoms with van der Waals surface area (Å²) in [5.74, 6) is -0.288. The predicted molar refractivity (Wildman–Crippen MR) is 71.2 cm³/mol. The monoisotopic (exact) mass is 279 g/mol. The lowest BCUT2D eigenvalue weighted by Crippen LogP contribution is -2.40. The largest absolute Gasteiger partial charge is 0.490 e. The minimum Gasteiger partial charge on any atom is -0.490 e. The predicted octanol–water partition coefficient (Wildman–Crippen LogP) is 1.39. The number of hydrogen-bond donors (Lipinski definition) is 1. The number of carbonyl (C=O) groups excluding carboxylic acids is 1. The minimum atomic E-state index is -1.05. The number of aliphatic carboxylic acids is 1. The highest BCUT2D eigenvalue weighted by atomic mass is 16.5. The maximum Gasteiger partial charge on any atom is 0.326 e. The molecule has 1 aliphatic heterocycles. The molecule has 0 fully saturated rings. The first-order valence-electron chi connectivity index (χ1n) is 6.40. The fourth-order valence-corrected chi connectivity index (χ4v) is 1.84. The van der Waals surface area contributed by atoms with Gasteiger partial charge >= 0.3 is 5.97 Å². The van der Waals surface area contributed by atoms with Gasteiger partial charge in [-0.05, 0) is 25.1 Å². The van der Waals surface area contributed by atoms with E-state index in [0.717, 1.165) is 6.42 Å². The zero-order valence-corrected chi connectivity index (χ0v) is 11.5. The summed E-state index contributed by atoms with van der Waals surface area (Å²) in [6, 6.07) is 3.99. The standard InChI is InChI=1S/C14H17NO5/c1-9(14(17)18)15(2)13(16)10-4-5-11-12(8-10)20-7-3-6-19-11/h4-5,8-9H,3,6-7H2,1-2H3,(H,17,18). The van der Waals surface area contributed by atoms with Gasteiger partial charge in [-0.1, -0.05) is 0 Å². The first kappa shape index (κ1) is 14.2. The van der Waals surface area contributed by atoms with E-state index in [9.17, 15) is 9.59 Å². The topological polar surface area (TPSA) is 76.1 Å². The molecule has 1 aliphatic rings. The summed E-state index contributed by atoms with van der Waals surface area (Å²) in [7, 11) is 1.46. The second kappa shape index (κ2) is 5.81. The van der Waals surface area contributed by atoms with E-state index in [1.54, 1.807) is 18.2 Å². The number of fused-ring (bicyclic) bond motifs is 1. The molecule has 1 unspecified atom stereocenters. The van der Waals surface area contributed by atoms with Crippen molar-refractivity contribution in [1.82, 2.24) is 4.90 Å². The molecule has 6 nitrogen and oxygen atoms in total. The Morgan fingerprint density at radius 2 is 1.90 bits per heavy atom. The van der Waals surface area contributed by atoms with Crippen molar-refractivity contribution >= 4 is 11.9 Å². The van der Waals surface area contributed by atoms with Gasteiger partial charge in [-0.2, -0.15) is 0 Å². The van der Waals surface area contributed by atoms with Gasteiger partial charge in [0.1, 0.15) is 6.04 Å². The first-order valence-corrected chi connectivity index (χ1v) is 6.40. The Balaban J connectivity index is 2.22. The summed E-state index contributed by atoms with van der Waals surface area (Å²) in [5, 5.41) is 8.94. The number of carbonyl (C=O) groups is 2. The van der Waals surface area contributed by atoms with Crippen LogP contribution in [-0.2, 0) is 4.79 Å². The third-order valence-corrected chi connectivity index (χ3v) is 3.25. The molecular formula is C14H17NO5. The number of nitrogens with zero attached hydrogens (tertiary/aromatic N) is 1. The summed E-state index contributed by atoms with van der Waals surface area (Å²) in [5.41, 5.74) is 0.379. The SMILES string of the molecule is CC(C(=O)O)N(C)C(=O)c1ccc2c(c1)OCCCO2. The average molecular weight is 279 g/mol. The Hall–Kier alpha value is -2.24. The van der Waals surface area contributed by atoms with Crippen molar-refractivity contribution in [3.63, 3.8) is 0 Å². The van der Waals surface area contributed by atoms with Gasteiger partial charge < -0.3 is 19.5 Å². The van der Waals surface area contributed by atoms with Crippen LogP contribution in [0.15, 0.2) is 18.2 Å². The quantitative estimate of drug-likeness (QED) is 0.905. The van der Waals surface area contributed by atoms with Crippen LogP contribution in [0, 0.1) is 0 Å². The molecule has 6 heteroatoms. The van der Waals surface area contributed by atoms with Crippen molar-refractivity contribution in [2.45, 2.75) is 19.4 Å². The highest BCUT2D eigenvalue weighted by molar-refractivity contribution is 5.96. The molecule has 0 saturated carbocycles. The molecule has 0 bridgehead atoms. The molecule has 1 atom stereocenters. The van der Waals surface area contributed by atoms with E-state index in [1.807, 2.05) is 0 Å². The summed E-state index contributed by atoms with van der Waals surface area (Å²) < 4.78 is 11.0. The Morgan fingerprint density at radius 3 is 2.55 bits per heavy atom. The van der Waals surface area contributed by atoms with Crippen LogP contribution in [0.3, 0.4) is 0 Å². The Morgan fingerprint density at radius 1 is 1.25 bits per heavy atom. The van der Waals surface area contributed by atoms with Crippen LogP contribution in [0.5, 0.6) is 11.5 Å². The molecule has 0 spiro atoms. The van der Waals surface area contributed by atoms with Crippen LogP contribution < -0.4 is 9.47 Å². The third-order valence-electron chi connectivity index (χ3n) is 3.25. The van der Waals surface area contributed by atoms with Gasteiger partial charge in [0.25, 0.3) is 5.91 Å². The second-order valence-electron chi connectivity index (χ2n) is 4.64. The van der Waals surface area contributed by atoms with Crippen molar-refractivity contribution in [1.29, 1.82) is 0 Å². The summed E-state index contributed by atoms with van der Waals surface area (Å²) in [4.78, 5) is 24.3. The molecule has 0 saturated heterocycles. The van der Waals surface area contributed by atoms with Gasteiger partial charge in [-0.3, -0.25) is 4.79 Å². The number of hydrogen-bond acceptors (Lipinski definition) is 4. The number of rotatable bonds is 3. The number of amides is 1. The van der Waals surface area contributed by atoms with Crippen LogP contribution in [-0.4, -0.2) is 48.2 Å². The first-order chi connectivity index (χ1) is 9.50. The molecule has 108 valence electrons. The molecule has 1 N–H and O–H groups in total. The summed E-state index contributed by atoms with van der Waals surface area (Å²) >= 11 is 0. The number of carboxylic acid groups (broad SMARTS) is 1. The van der Waals surface area contributed by atoms with Crippen molar-refractivity contribution in [2.24, 2.45) is 0 Å². The van der Waals surface area contributed by atoms with Gasteiger partial charge in [0, 0.05) is 19.0 Å². The lowest BCUT2D eigenvalue weighted by atomic mass is 10.1. The van der Waals surface area contributed by atoms with Crippen molar-refractivity contribution < 1.29 is 24.2 Å². The zero-order valence-electron chi connectivity index (χ0n) is 11.5. The highest BCUT2D eigenvalue weighted by Gasteiger charge is 2.24. The van der Waals surface area contributed by atoms with Crippen LogP contribution in [0.4, 0.5) is 0 Å². The maximum atomic E-state index is 12.2. The van der Waals surface area contributed by atoms with Gasteiger partial charge in [-0.25, -0.2) is 4.79 Å². The zero-order chi connectivity index (χ0) is 14.7. The highest BCUT2D eigenvalue weighted by Crippen LogP contribution is 2.30. The second-order valence-corrected chi connectivity index (χ2v) is 4.64. The molecule has 1 aromatic carbocycles. The Labute approximate surface area is 116 Å². The van der Waals surface area contributed by atoms with Gasteiger partial charge in [0.05, 0.1) is 13.2 Å². The molecule has 0 aromatic heterocycles. The Kier molecular flexibility index (Phi) is 4.12. The molecule has 1 amide bonds. The van der Waals surface area contributed by atoms with E-state index in [-0.39, 0.29) is 5.91 Å². The van der Waals surface area contributed by atoms with Gasteiger partial charge in [-0.15, -0.1) is 0 Å². The number of carboxylic acids is 1. The summed E-state index contributed by atoms with van der Waals surface area (Å²) in [6.45, 7) is 2.57. The van der Waals surface area contributed by atoms with Crippen LogP contribution in [0.25, 0.3) is 0 Å². The molecule has 20 heavy (non-hydrogen) atoms. The van der Waals surface area contributed by atoms with Crippen LogP contribution in [0.2, 0.25) is 0 Å². The normalized spacial score (nSPS) is 15.1. The number of ether oxygens (including phenoxy) is 2. The van der Waals surface area contributed by atoms with Gasteiger partial charge in [0.15, 0.2) is 11.5 Å². The molecule has 0 radical (unpaired) electrons. The van der Waals surface area contributed by atoms with Crippen molar-refractivity contribution in [2.75, 3.05) is 20.3 Å². The van der Waals surface area contributed by atoms with E-state index in [1.165, 1.54) is 18.9 Å². The fourth-order valence-electron chi connectivity index (χ4n) is 1.84. The molecule has 1 heterocycles.